The highest BCUT2D eigenvalue weighted by molar-refractivity contribution is 7.10. The van der Waals surface area contributed by atoms with Gasteiger partial charge in [0.25, 0.3) is 0 Å². The molecular weight excluding hydrogens is 276 g/mol. The van der Waals surface area contributed by atoms with Crippen molar-refractivity contribution in [2.45, 2.75) is 39.4 Å². The predicted molar refractivity (Wildman–Crippen MR) is 92.6 cm³/mol. The first-order valence-electron chi connectivity index (χ1n) is 7.73. The van der Waals surface area contributed by atoms with E-state index >= 15 is 0 Å². The van der Waals surface area contributed by atoms with Crippen LogP contribution in [0.4, 0.5) is 0 Å². The largest absolute Gasteiger partial charge is 0.313 e. The molecule has 1 unspecified atom stereocenters. The van der Waals surface area contributed by atoms with Crippen LogP contribution in [0.15, 0.2) is 41.8 Å². The summed E-state index contributed by atoms with van der Waals surface area (Å²) in [5.74, 6) is 0. The second-order valence-electron chi connectivity index (χ2n) is 5.60. The van der Waals surface area contributed by atoms with Crippen LogP contribution in [0.1, 0.15) is 42.3 Å². The highest BCUT2D eigenvalue weighted by Gasteiger charge is 2.12. The number of benzene rings is 1. The second kappa shape index (κ2) is 8.32. The Morgan fingerprint density at radius 3 is 2.71 bits per heavy atom. The van der Waals surface area contributed by atoms with E-state index < -0.39 is 0 Å². The fourth-order valence-corrected chi connectivity index (χ4v) is 3.27. The highest BCUT2D eigenvalue weighted by atomic mass is 32.1. The molecular formula is C18H26N2S. The molecule has 0 amide bonds. The minimum absolute atomic E-state index is 0.465. The van der Waals surface area contributed by atoms with Gasteiger partial charge in [-0.3, -0.25) is 4.90 Å². The molecule has 3 heteroatoms. The summed E-state index contributed by atoms with van der Waals surface area (Å²) in [7, 11) is 2.20. The van der Waals surface area contributed by atoms with Gasteiger partial charge in [-0.2, -0.15) is 0 Å². The molecule has 2 aromatic rings. The zero-order chi connectivity index (χ0) is 15.1. The lowest BCUT2D eigenvalue weighted by atomic mass is 10.1. The molecule has 0 bridgehead atoms. The first-order chi connectivity index (χ1) is 10.2. The zero-order valence-corrected chi connectivity index (χ0v) is 14.1. The molecule has 0 radical (unpaired) electrons. The maximum Gasteiger partial charge on any atom is 0.0413 e. The monoisotopic (exact) mass is 302 g/mol. The Labute approximate surface area is 132 Å². The molecule has 2 nitrogen and oxygen atoms in total. The second-order valence-corrected chi connectivity index (χ2v) is 6.58. The minimum atomic E-state index is 0.465. The molecule has 1 heterocycles. The van der Waals surface area contributed by atoms with Crippen molar-refractivity contribution in [3.8, 4) is 0 Å². The lowest BCUT2D eigenvalue weighted by molar-refractivity contribution is 0.256. The summed E-state index contributed by atoms with van der Waals surface area (Å²) in [6.45, 7) is 7.51. The number of thiophene rings is 1. The molecule has 21 heavy (non-hydrogen) atoms. The maximum absolute atomic E-state index is 3.47. The van der Waals surface area contributed by atoms with Crippen LogP contribution in [0.25, 0.3) is 0 Å². The van der Waals surface area contributed by atoms with Crippen molar-refractivity contribution in [1.82, 2.24) is 10.2 Å². The van der Waals surface area contributed by atoms with Crippen molar-refractivity contribution < 1.29 is 0 Å². The molecule has 0 aliphatic carbocycles. The first-order valence-corrected chi connectivity index (χ1v) is 8.61. The summed E-state index contributed by atoms with van der Waals surface area (Å²) >= 11 is 1.83. The molecule has 0 aliphatic heterocycles. The summed E-state index contributed by atoms with van der Waals surface area (Å²) in [6, 6.07) is 13.7. The number of hydrogen-bond acceptors (Lipinski definition) is 3. The third kappa shape index (κ3) is 4.95. The van der Waals surface area contributed by atoms with E-state index in [1.807, 2.05) is 11.3 Å². The molecule has 0 fully saturated rings. The van der Waals surface area contributed by atoms with E-state index in [1.165, 1.54) is 22.4 Å². The van der Waals surface area contributed by atoms with Gasteiger partial charge in [-0.05, 0) is 49.5 Å². The van der Waals surface area contributed by atoms with Gasteiger partial charge in [0, 0.05) is 24.0 Å². The predicted octanol–water partition coefficient (Wildman–Crippen LogP) is 4.44. The van der Waals surface area contributed by atoms with Crippen molar-refractivity contribution in [3.63, 3.8) is 0 Å². The van der Waals surface area contributed by atoms with Gasteiger partial charge < -0.3 is 5.32 Å². The van der Waals surface area contributed by atoms with Gasteiger partial charge in [-0.1, -0.05) is 37.3 Å². The van der Waals surface area contributed by atoms with Crippen LogP contribution in [-0.2, 0) is 13.1 Å². The Hall–Kier alpha value is -1.16. The Balaban J connectivity index is 1.94. The van der Waals surface area contributed by atoms with Gasteiger partial charge in [0.05, 0.1) is 0 Å². The van der Waals surface area contributed by atoms with E-state index in [4.69, 9.17) is 0 Å². The van der Waals surface area contributed by atoms with Crippen LogP contribution >= 0.6 is 11.3 Å². The fraction of sp³-hybridized carbons (Fsp3) is 0.444. The SMILES string of the molecule is CCCNCc1cccc(CN(C)C(C)c2cccs2)c1. The minimum Gasteiger partial charge on any atom is -0.313 e. The van der Waals surface area contributed by atoms with Crippen molar-refractivity contribution in [2.24, 2.45) is 0 Å². The zero-order valence-electron chi connectivity index (χ0n) is 13.3. The Morgan fingerprint density at radius 2 is 2.00 bits per heavy atom. The normalized spacial score (nSPS) is 12.8. The molecule has 1 aromatic carbocycles. The van der Waals surface area contributed by atoms with Crippen LogP contribution in [-0.4, -0.2) is 18.5 Å². The van der Waals surface area contributed by atoms with Crippen LogP contribution in [0.2, 0.25) is 0 Å². The molecule has 0 saturated carbocycles. The Kier molecular flexibility index (Phi) is 6.43. The number of rotatable bonds is 8. The van der Waals surface area contributed by atoms with Crippen LogP contribution in [0.5, 0.6) is 0 Å². The van der Waals surface area contributed by atoms with Gasteiger partial charge >= 0.3 is 0 Å². The van der Waals surface area contributed by atoms with Crippen LogP contribution < -0.4 is 5.32 Å². The third-order valence-corrected chi connectivity index (χ3v) is 4.84. The standard InChI is InChI=1S/C18H26N2S/c1-4-10-19-13-16-7-5-8-17(12-16)14-20(3)15(2)18-9-6-11-21-18/h5-9,11-12,15,19H,4,10,13-14H2,1-3H3. The quantitative estimate of drug-likeness (QED) is 0.725. The lowest BCUT2D eigenvalue weighted by Gasteiger charge is -2.24. The molecule has 2 rings (SSSR count). The molecule has 0 spiro atoms. The summed E-state index contributed by atoms with van der Waals surface area (Å²) in [5.41, 5.74) is 2.76. The van der Waals surface area contributed by atoms with Crippen LogP contribution in [0, 0.1) is 0 Å². The molecule has 1 atom stereocenters. The third-order valence-electron chi connectivity index (χ3n) is 3.80. The average Bonchev–Trinajstić information content (AvgIpc) is 3.01. The van der Waals surface area contributed by atoms with E-state index in [0.717, 1.165) is 19.6 Å². The number of nitrogens with one attached hydrogen (secondary N) is 1. The van der Waals surface area contributed by atoms with E-state index in [9.17, 15) is 0 Å². The fourth-order valence-electron chi connectivity index (χ4n) is 2.42. The average molecular weight is 302 g/mol. The highest BCUT2D eigenvalue weighted by Crippen LogP contribution is 2.24. The van der Waals surface area contributed by atoms with Gasteiger partial charge in [0.1, 0.15) is 0 Å². The number of nitrogens with zero attached hydrogens (tertiary/aromatic N) is 1. The van der Waals surface area contributed by atoms with Crippen molar-refractivity contribution in [3.05, 3.63) is 57.8 Å². The Morgan fingerprint density at radius 1 is 1.19 bits per heavy atom. The van der Waals surface area contributed by atoms with Gasteiger partial charge in [-0.15, -0.1) is 11.3 Å². The molecule has 114 valence electrons. The van der Waals surface area contributed by atoms with Crippen molar-refractivity contribution in [2.75, 3.05) is 13.6 Å². The van der Waals surface area contributed by atoms with Crippen molar-refractivity contribution in [1.29, 1.82) is 0 Å². The Bertz CT molecular complexity index is 522. The number of hydrogen-bond donors (Lipinski definition) is 1. The summed E-state index contributed by atoms with van der Waals surface area (Å²) in [4.78, 5) is 3.84. The summed E-state index contributed by atoms with van der Waals surface area (Å²) in [5, 5.41) is 5.62. The van der Waals surface area contributed by atoms with E-state index in [0.29, 0.717) is 6.04 Å². The van der Waals surface area contributed by atoms with Crippen LogP contribution in [0.3, 0.4) is 0 Å². The smallest absolute Gasteiger partial charge is 0.0413 e. The molecule has 0 aliphatic rings. The van der Waals surface area contributed by atoms with Crippen molar-refractivity contribution >= 4 is 11.3 Å². The topological polar surface area (TPSA) is 15.3 Å². The molecule has 1 aromatic heterocycles. The van der Waals surface area contributed by atoms with Gasteiger partial charge in [0.15, 0.2) is 0 Å². The molecule has 1 N–H and O–H groups in total. The summed E-state index contributed by atoms with van der Waals surface area (Å²) in [6.07, 6.45) is 1.18. The van der Waals surface area contributed by atoms with E-state index in [2.05, 4.69) is 72.9 Å². The summed E-state index contributed by atoms with van der Waals surface area (Å²) < 4.78 is 0. The molecule has 0 saturated heterocycles. The van der Waals surface area contributed by atoms with Gasteiger partial charge in [0.2, 0.25) is 0 Å². The van der Waals surface area contributed by atoms with E-state index in [1.54, 1.807) is 0 Å². The first kappa shape index (κ1) is 16.2. The lowest BCUT2D eigenvalue weighted by Crippen LogP contribution is -2.21. The maximum atomic E-state index is 3.47. The van der Waals surface area contributed by atoms with E-state index in [-0.39, 0.29) is 0 Å². The van der Waals surface area contributed by atoms with Gasteiger partial charge in [-0.25, -0.2) is 0 Å².